The van der Waals surface area contributed by atoms with Crippen LogP contribution in [0.2, 0.25) is 10.0 Å². The number of aromatic nitrogens is 5. The van der Waals surface area contributed by atoms with Gasteiger partial charge in [-0.1, -0.05) is 23.2 Å². The second-order valence-corrected chi connectivity index (χ2v) is 10.4. The Labute approximate surface area is 242 Å². The maximum atomic E-state index is 14.6. The van der Waals surface area contributed by atoms with E-state index in [1.807, 2.05) is 0 Å². The Hall–Kier alpha value is -3.34. The Kier molecular flexibility index (Phi) is 7.14. The minimum Gasteiger partial charge on any atom is -0.403 e. The van der Waals surface area contributed by atoms with Crippen LogP contribution < -0.4 is 4.74 Å². The maximum absolute atomic E-state index is 14.6. The van der Waals surface area contributed by atoms with E-state index in [4.69, 9.17) is 32.7 Å². The summed E-state index contributed by atoms with van der Waals surface area (Å²) in [7, 11) is 0. The summed E-state index contributed by atoms with van der Waals surface area (Å²) in [6.45, 7) is 1.46. The fourth-order valence-corrected chi connectivity index (χ4v) is 5.31. The highest BCUT2D eigenvalue weighted by molar-refractivity contribution is 6.31. The molecule has 0 radical (unpaired) electrons. The van der Waals surface area contributed by atoms with Gasteiger partial charge in [0.2, 0.25) is 0 Å². The molecule has 10 nitrogen and oxygen atoms in total. The zero-order chi connectivity index (χ0) is 30.1. The van der Waals surface area contributed by atoms with Crippen LogP contribution in [0.5, 0.6) is 5.75 Å². The second kappa shape index (κ2) is 10.4. The van der Waals surface area contributed by atoms with E-state index in [1.54, 1.807) is 0 Å². The number of fused-ring (bicyclic) bond motifs is 1. The van der Waals surface area contributed by atoms with Gasteiger partial charge in [0, 0.05) is 22.3 Å². The SMILES string of the molecule is Cc1nc([C@@H]2OC3C(O)O[C@@H]3C(n3cc(-c4ccc(Cl)c(F)c4F)cn3)C2O)n(-c2cc(Cl)ccc2OC(F)(F)F)n1. The standard InChI is InChI=1S/C25H18Cl2F5N5O5/c1-9-34-23(37(35-9)14-6-11(26)2-5-15(14)42-25(30,31)32)21-19(38)18(20-22(40-21)24(39)41-20)36-8-10(7-33-36)12-3-4-13(27)17(29)16(12)28/h2-8,18-22,24,38-39H,1H3/t18?,19?,20-,21-,22?,24?/m1/s1. The lowest BCUT2D eigenvalue weighted by molar-refractivity contribution is -0.374. The molecule has 17 heteroatoms. The van der Waals surface area contributed by atoms with E-state index < -0.39 is 65.5 Å². The third-order valence-electron chi connectivity index (χ3n) is 6.82. The molecule has 0 spiro atoms. The molecule has 2 saturated heterocycles. The zero-order valence-electron chi connectivity index (χ0n) is 21.0. The molecule has 0 amide bonds. The summed E-state index contributed by atoms with van der Waals surface area (Å²) in [5, 5.41) is 29.8. The number of alkyl halides is 3. The Morgan fingerprint density at radius 1 is 1.02 bits per heavy atom. The van der Waals surface area contributed by atoms with E-state index >= 15 is 0 Å². The van der Waals surface area contributed by atoms with Gasteiger partial charge in [0.1, 0.15) is 42.0 Å². The average molecular weight is 634 g/mol. The van der Waals surface area contributed by atoms with Crippen LogP contribution in [-0.2, 0) is 9.47 Å². The molecular formula is C25H18Cl2F5N5O5. The van der Waals surface area contributed by atoms with Gasteiger partial charge in [0.15, 0.2) is 29.5 Å². The summed E-state index contributed by atoms with van der Waals surface area (Å²) in [4.78, 5) is 4.28. The van der Waals surface area contributed by atoms with Gasteiger partial charge in [-0.2, -0.15) is 10.2 Å². The Bertz CT molecular complexity index is 1670. The van der Waals surface area contributed by atoms with E-state index in [9.17, 15) is 32.2 Å². The largest absolute Gasteiger partial charge is 0.573 e. The van der Waals surface area contributed by atoms with Gasteiger partial charge >= 0.3 is 6.36 Å². The number of rotatable bonds is 5. The third-order valence-corrected chi connectivity index (χ3v) is 7.35. The quantitative estimate of drug-likeness (QED) is 0.240. The molecule has 2 fully saturated rings. The number of aryl methyl sites for hydroxylation is 1. The monoisotopic (exact) mass is 633 g/mol. The van der Waals surface area contributed by atoms with Crippen molar-refractivity contribution in [3.05, 3.63) is 76.1 Å². The van der Waals surface area contributed by atoms with Gasteiger partial charge in [-0.05, 0) is 37.3 Å². The van der Waals surface area contributed by atoms with Crippen molar-refractivity contribution in [3.63, 3.8) is 0 Å². The van der Waals surface area contributed by atoms with Crippen LogP contribution in [-0.4, -0.2) is 65.7 Å². The molecule has 4 heterocycles. The van der Waals surface area contributed by atoms with Gasteiger partial charge in [0.05, 0.1) is 11.2 Å². The summed E-state index contributed by atoms with van der Waals surface area (Å²) in [5.41, 5.74) is -0.264. The molecule has 0 bridgehead atoms. The topological polar surface area (TPSA) is 117 Å². The fourth-order valence-electron chi connectivity index (χ4n) is 5.00. The minimum atomic E-state index is -5.05. The van der Waals surface area contributed by atoms with E-state index in [2.05, 4.69) is 19.9 Å². The molecule has 0 aliphatic carbocycles. The molecule has 2 aromatic carbocycles. The van der Waals surface area contributed by atoms with Gasteiger partial charge < -0.3 is 24.4 Å². The molecule has 2 aliphatic heterocycles. The van der Waals surface area contributed by atoms with Crippen molar-refractivity contribution in [2.24, 2.45) is 0 Å². The van der Waals surface area contributed by atoms with Crippen molar-refractivity contribution >= 4 is 23.2 Å². The number of hydrogen-bond donors (Lipinski definition) is 2. The van der Waals surface area contributed by atoms with Crippen LogP contribution in [0, 0.1) is 18.6 Å². The Balaban J connectivity index is 1.40. The highest BCUT2D eigenvalue weighted by Crippen LogP contribution is 2.46. The third kappa shape index (κ3) is 4.99. The predicted octanol–water partition coefficient (Wildman–Crippen LogP) is 4.68. The highest BCUT2D eigenvalue weighted by atomic mass is 35.5. The number of aliphatic hydroxyl groups is 2. The first-order valence-electron chi connectivity index (χ1n) is 12.2. The molecule has 2 aromatic heterocycles. The smallest absolute Gasteiger partial charge is 0.403 e. The van der Waals surface area contributed by atoms with Crippen molar-refractivity contribution in [2.45, 2.75) is 50.0 Å². The molecular weight excluding hydrogens is 616 g/mol. The summed E-state index contributed by atoms with van der Waals surface area (Å²) in [5.74, 6) is -3.15. The summed E-state index contributed by atoms with van der Waals surface area (Å²) < 4.78 is 85.9. The number of halogens is 7. The average Bonchev–Trinajstić information content (AvgIpc) is 3.54. The molecule has 2 N–H and O–H groups in total. The lowest BCUT2D eigenvalue weighted by Crippen LogP contribution is -2.65. The lowest BCUT2D eigenvalue weighted by Gasteiger charge is -2.52. The molecule has 2 aliphatic rings. The van der Waals surface area contributed by atoms with Gasteiger partial charge in [0.25, 0.3) is 0 Å². The highest BCUT2D eigenvalue weighted by Gasteiger charge is 2.58. The molecule has 6 rings (SSSR count). The number of nitrogens with zero attached hydrogens (tertiary/aromatic N) is 5. The summed E-state index contributed by atoms with van der Waals surface area (Å²) in [6, 6.07) is 4.70. The molecule has 4 aromatic rings. The van der Waals surface area contributed by atoms with E-state index in [0.29, 0.717) is 0 Å². The lowest BCUT2D eigenvalue weighted by atomic mass is 9.88. The van der Waals surface area contributed by atoms with Crippen LogP contribution in [0.4, 0.5) is 22.0 Å². The van der Waals surface area contributed by atoms with Crippen molar-refractivity contribution in [2.75, 3.05) is 0 Å². The molecule has 6 atom stereocenters. The second-order valence-electron chi connectivity index (χ2n) is 9.51. The normalized spacial score (nSPS) is 25.7. The van der Waals surface area contributed by atoms with Crippen LogP contribution in [0.15, 0.2) is 42.7 Å². The number of ether oxygens (including phenoxy) is 3. The number of benzene rings is 2. The van der Waals surface area contributed by atoms with Crippen molar-refractivity contribution in [3.8, 4) is 22.6 Å². The van der Waals surface area contributed by atoms with Crippen molar-refractivity contribution in [1.29, 1.82) is 0 Å². The first kappa shape index (κ1) is 28.8. The van der Waals surface area contributed by atoms with E-state index in [1.165, 1.54) is 42.2 Å². The predicted molar refractivity (Wildman–Crippen MR) is 134 cm³/mol. The maximum Gasteiger partial charge on any atom is 0.573 e. The summed E-state index contributed by atoms with van der Waals surface area (Å²) >= 11 is 11.7. The molecule has 4 unspecified atom stereocenters. The molecule has 222 valence electrons. The van der Waals surface area contributed by atoms with Gasteiger partial charge in [-0.25, -0.2) is 18.4 Å². The first-order valence-corrected chi connectivity index (χ1v) is 12.9. The van der Waals surface area contributed by atoms with Crippen LogP contribution in [0.25, 0.3) is 16.8 Å². The van der Waals surface area contributed by atoms with Gasteiger partial charge in [-0.15, -0.1) is 13.2 Å². The van der Waals surface area contributed by atoms with E-state index in [-0.39, 0.29) is 33.5 Å². The van der Waals surface area contributed by atoms with Crippen LogP contribution in [0.1, 0.15) is 23.8 Å². The summed E-state index contributed by atoms with van der Waals surface area (Å²) in [6.07, 6.45) is -8.83. The number of aliphatic hydroxyl groups excluding tert-OH is 2. The fraction of sp³-hybridized carbons (Fsp3) is 0.320. The van der Waals surface area contributed by atoms with Gasteiger partial charge in [-0.3, -0.25) is 4.68 Å². The van der Waals surface area contributed by atoms with Crippen molar-refractivity contribution in [1.82, 2.24) is 24.5 Å². The first-order chi connectivity index (χ1) is 19.8. The van der Waals surface area contributed by atoms with Crippen LogP contribution in [0.3, 0.4) is 0 Å². The molecule has 42 heavy (non-hydrogen) atoms. The number of hydrogen-bond acceptors (Lipinski definition) is 8. The zero-order valence-corrected chi connectivity index (χ0v) is 22.5. The Morgan fingerprint density at radius 2 is 1.79 bits per heavy atom. The van der Waals surface area contributed by atoms with Crippen LogP contribution >= 0.6 is 23.2 Å². The minimum absolute atomic E-state index is 0.0550. The van der Waals surface area contributed by atoms with Crippen molar-refractivity contribution < 1.29 is 46.4 Å². The molecule has 0 saturated carbocycles. The van der Waals surface area contributed by atoms with E-state index in [0.717, 1.165) is 16.8 Å². The Morgan fingerprint density at radius 3 is 2.50 bits per heavy atom.